The molecule has 0 aliphatic carbocycles. The molecular weight excluding hydrogens is 508 g/mol. The number of carbonyl (C=O) groups excluding carboxylic acids is 2. The van der Waals surface area contributed by atoms with Crippen molar-refractivity contribution in [3.05, 3.63) is 118 Å². The summed E-state index contributed by atoms with van der Waals surface area (Å²) in [6, 6.07) is 26.8. The maximum Gasteiger partial charge on any atom is 0.254 e. The molecule has 4 aromatic rings. The van der Waals surface area contributed by atoms with E-state index >= 15 is 0 Å². The van der Waals surface area contributed by atoms with Crippen molar-refractivity contribution in [2.45, 2.75) is 19.8 Å². The van der Waals surface area contributed by atoms with Gasteiger partial charge in [-0.1, -0.05) is 66.4 Å². The van der Waals surface area contributed by atoms with Crippen LogP contribution in [0.25, 0.3) is 10.8 Å². The highest BCUT2D eigenvalue weighted by Gasteiger charge is 2.36. The van der Waals surface area contributed by atoms with Gasteiger partial charge >= 0.3 is 0 Å². The minimum absolute atomic E-state index is 0.0691. The van der Waals surface area contributed by atoms with Gasteiger partial charge in [0.2, 0.25) is 5.91 Å². The zero-order valence-electron chi connectivity index (χ0n) is 21.4. The van der Waals surface area contributed by atoms with Crippen molar-refractivity contribution >= 4 is 45.7 Å². The molecule has 39 heavy (non-hydrogen) atoms. The summed E-state index contributed by atoms with van der Waals surface area (Å²) < 4.78 is 5.69. The van der Waals surface area contributed by atoms with E-state index in [0.717, 1.165) is 22.0 Å². The van der Waals surface area contributed by atoms with Gasteiger partial charge in [-0.15, -0.1) is 0 Å². The van der Waals surface area contributed by atoms with E-state index in [1.54, 1.807) is 19.1 Å². The van der Waals surface area contributed by atoms with Crippen LogP contribution in [-0.2, 0) is 9.59 Å². The topological polar surface area (TPSA) is 107 Å². The molecule has 0 fully saturated rings. The number of furan rings is 1. The number of dihydropyridines is 1. The second-order valence-corrected chi connectivity index (χ2v) is 10.1. The third-order valence-corrected chi connectivity index (χ3v) is 7.54. The molecule has 5 rings (SSSR count). The lowest BCUT2D eigenvalue weighted by atomic mass is 9.85. The minimum atomic E-state index is -0.723. The first-order valence-corrected chi connectivity index (χ1v) is 13.4. The number of aryl methyl sites for hydroxylation is 1. The molecule has 8 heteroatoms. The van der Waals surface area contributed by atoms with Crippen LogP contribution in [0.15, 0.2) is 111 Å². The Kier molecular flexibility index (Phi) is 7.53. The van der Waals surface area contributed by atoms with Gasteiger partial charge in [0.1, 0.15) is 5.76 Å². The number of nitrogens with zero attached hydrogens (tertiary/aromatic N) is 1. The predicted octanol–water partition coefficient (Wildman–Crippen LogP) is 6.45. The lowest BCUT2D eigenvalue weighted by molar-refractivity contribution is -0.114. The van der Waals surface area contributed by atoms with E-state index in [-0.39, 0.29) is 17.6 Å². The number of benzene rings is 3. The number of anilines is 2. The number of nitrogens with one attached hydrogen (secondary N) is 3. The van der Waals surface area contributed by atoms with E-state index in [2.05, 4.69) is 22.0 Å². The second-order valence-electron chi connectivity index (χ2n) is 9.10. The normalized spacial score (nSPS) is 15.1. The molecule has 2 amide bonds. The molecule has 0 saturated carbocycles. The Bertz CT molecular complexity index is 1660. The van der Waals surface area contributed by atoms with E-state index in [4.69, 9.17) is 4.42 Å². The van der Waals surface area contributed by atoms with Crippen LogP contribution < -0.4 is 16.0 Å². The van der Waals surface area contributed by atoms with Crippen LogP contribution in [0.2, 0.25) is 0 Å². The lowest BCUT2D eigenvalue weighted by Gasteiger charge is -2.28. The number of allylic oxidation sites excluding steroid dienone is 2. The first kappa shape index (κ1) is 25.9. The quantitative estimate of drug-likeness (QED) is 0.252. The molecule has 3 aromatic carbocycles. The summed E-state index contributed by atoms with van der Waals surface area (Å²) in [4.78, 5) is 26.5. The molecule has 3 N–H and O–H groups in total. The highest BCUT2D eigenvalue weighted by atomic mass is 32.2. The molecule has 2 heterocycles. The zero-order valence-corrected chi connectivity index (χ0v) is 22.3. The summed E-state index contributed by atoms with van der Waals surface area (Å²) in [6.07, 6.45) is 1.52. The summed E-state index contributed by atoms with van der Waals surface area (Å²) in [5, 5.41) is 21.9. The van der Waals surface area contributed by atoms with Gasteiger partial charge in [-0.25, -0.2) is 0 Å². The maximum atomic E-state index is 13.5. The van der Waals surface area contributed by atoms with Crippen LogP contribution in [-0.4, -0.2) is 17.6 Å². The zero-order chi connectivity index (χ0) is 27.4. The minimum Gasteiger partial charge on any atom is -0.468 e. The fraction of sp³-hybridized carbons (Fsp3) is 0.129. The van der Waals surface area contributed by atoms with Gasteiger partial charge in [0.05, 0.1) is 40.2 Å². The van der Waals surface area contributed by atoms with Crippen LogP contribution in [0, 0.1) is 18.3 Å². The van der Waals surface area contributed by atoms with E-state index in [9.17, 15) is 14.9 Å². The summed E-state index contributed by atoms with van der Waals surface area (Å²) in [5.41, 5.74) is 3.62. The van der Waals surface area contributed by atoms with E-state index in [1.807, 2.05) is 73.7 Å². The first-order chi connectivity index (χ1) is 19.0. The Balaban J connectivity index is 1.39. The maximum absolute atomic E-state index is 13.5. The van der Waals surface area contributed by atoms with Crippen molar-refractivity contribution in [3.63, 3.8) is 0 Å². The number of hydrogen-bond donors (Lipinski definition) is 3. The van der Waals surface area contributed by atoms with Gasteiger partial charge in [-0.05, 0) is 49.1 Å². The number of hydrogen-bond acceptors (Lipinski definition) is 6. The standard InChI is InChI=1S/C31H26N4O3S/c1-19-9-3-6-13-24(19)35-30(37)28-20(2)33-31(23(17-32)29(28)26-15-8-16-38-26)39-18-27(36)34-25-14-7-11-21-10-4-5-12-22(21)25/h3-16,29,33H,18H2,1-2H3,(H,34,36)(H,35,37)/t29-/m0/s1. The Morgan fingerprint density at radius 3 is 2.46 bits per heavy atom. The van der Waals surface area contributed by atoms with Gasteiger partial charge in [-0.3, -0.25) is 9.59 Å². The number of amides is 2. The van der Waals surface area contributed by atoms with Gasteiger partial charge < -0.3 is 20.4 Å². The SMILES string of the molecule is CC1=C(C(=O)Nc2ccccc2C)[C@H](c2ccco2)C(C#N)=C(SCC(=O)Nc2cccc3ccccc23)N1. The van der Waals surface area contributed by atoms with Gasteiger partial charge in [-0.2, -0.15) is 5.26 Å². The molecule has 0 spiro atoms. The molecule has 1 aliphatic heterocycles. The molecule has 0 bridgehead atoms. The predicted molar refractivity (Wildman–Crippen MR) is 155 cm³/mol. The number of rotatable bonds is 7. The van der Waals surface area contributed by atoms with Crippen molar-refractivity contribution in [1.29, 1.82) is 5.26 Å². The number of para-hydroxylation sites is 1. The molecule has 0 saturated heterocycles. The van der Waals surface area contributed by atoms with Crippen molar-refractivity contribution in [3.8, 4) is 6.07 Å². The highest BCUT2D eigenvalue weighted by Crippen LogP contribution is 2.41. The highest BCUT2D eigenvalue weighted by molar-refractivity contribution is 8.03. The van der Waals surface area contributed by atoms with Gasteiger partial charge in [0.15, 0.2) is 0 Å². The third-order valence-electron chi connectivity index (χ3n) is 6.52. The largest absolute Gasteiger partial charge is 0.468 e. The molecule has 194 valence electrons. The fourth-order valence-corrected chi connectivity index (χ4v) is 5.52. The number of nitriles is 1. The van der Waals surface area contributed by atoms with Crippen molar-refractivity contribution in [1.82, 2.24) is 5.32 Å². The molecule has 0 radical (unpaired) electrons. The molecule has 1 atom stereocenters. The lowest BCUT2D eigenvalue weighted by Crippen LogP contribution is -2.31. The summed E-state index contributed by atoms with van der Waals surface area (Å²) >= 11 is 1.21. The molecule has 7 nitrogen and oxygen atoms in total. The Morgan fingerprint density at radius 2 is 1.69 bits per heavy atom. The van der Waals surface area contributed by atoms with Crippen LogP contribution in [0.3, 0.4) is 0 Å². The van der Waals surface area contributed by atoms with Crippen LogP contribution in [0.1, 0.15) is 24.2 Å². The number of carbonyl (C=O) groups is 2. The van der Waals surface area contributed by atoms with Gasteiger partial charge in [0, 0.05) is 22.5 Å². The smallest absolute Gasteiger partial charge is 0.254 e. The van der Waals surface area contributed by atoms with Crippen LogP contribution in [0.5, 0.6) is 0 Å². The monoisotopic (exact) mass is 534 g/mol. The average Bonchev–Trinajstić information content (AvgIpc) is 3.48. The molecule has 1 aliphatic rings. The summed E-state index contributed by atoms with van der Waals surface area (Å²) in [7, 11) is 0. The van der Waals surface area contributed by atoms with Crippen molar-refractivity contribution in [2.75, 3.05) is 16.4 Å². The first-order valence-electron chi connectivity index (χ1n) is 12.4. The molecular formula is C31H26N4O3S. The fourth-order valence-electron chi connectivity index (χ4n) is 4.63. The number of thioether (sulfide) groups is 1. The van der Waals surface area contributed by atoms with Crippen molar-refractivity contribution < 1.29 is 14.0 Å². The van der Waals surface area contributed by atoms with E-state index in [0.29, 0.717) is 33.3 Å². The second kappa shape index (κ2) is 11.3. The Morgan fingerprint density at radius 1 is 0.949 bits per heavy atom. The molecule has 1 aromatic heterocycles. The van der Waals surface area contributed by atoms with Crippen molar-refractivity contribution in [2.24, 2.45) is 0 Å². The van der Waals surface area contributed by atoms with E-state index < -0.39 is 5.92 Å². The van der Waals surface area contributed by atoms with E-state index in [1.165, 1.54) is 18.0 Å². The van der Waals surface area contributed by atoms with Crippen LogP contribution >= 0.6 is 11.8 Å². The third kappa shape index (κ3) is 5.44. The number of fused-ring (bicyclic) bond motifs is 1. The Labute approximate surface area is 230 Å². The molecule has 0 unspecified atom stereocenters. The Hall–Kier alpha value is -4.74. The van der Waals surface area contributed by atoms with Crippen LogP contribution in [0.4, 0.5) is 11.4 Å². The van der Waals surface area contributed by atoms with Gasteiger partial charge in [0.25, 0.3) is 5.91 Å². The summed E-state index contributed by atoms with van der Waals surface area (Å²) in [6.45, 7) is 3.70. The average molecular weight is 535 g/mol. The summed E-state index contributed by atoms with van der Waals surface area (Å²) in [5.74, 6) is -0.720.